The highest BCUT2D eigenvalue weighted by Crippen LogP contribution is 2.25. The number of H-pyrrole nitrogens is 1. The molecule has 2 atom stereocenters. The molecular formula is C9H16N4O2. The SMILES string of the molecule is CCCCC(C(=O)O)C(C)c1nn[nH]n1. The van der Waals surface area contributed by atoms with Crippen molar-refractivity contribution < 1.29 is 9.90 Å². The third-order valence-corrected chi connectivity index (χ3v) is 2.56. The molecule has 0 bridgehead atoms. The molecule has 0 fully saturated rings. The Morgan fingerprint density at radius 1 is 1.60 bits per heavy atom. The van der Waals surface area contributed by atoms with Gasteiger partial charge in [0.2, 0.25) is 0 Å². The van der Waals surface area contributed by atoms with E-state index in [1.54, 1.807) is 0 Å². The summed E-state index contributed by atoms with van der Waals surface area (Å²) < 4.78 is 0. The van der Waals surface area contributed by atoms with Gasteiger partial charge in [-0.25, -0.2) is 0 Å². The van der Waals surface area contributed by atoms with Crippen molar-refractivity contribution in [2.75, 3.05) is 0 Å². The third-order valence-electron chi connectivity index (χ3n) is 2.56. The summed E-state index contributed by atoms with van der Waals surface area (Å²) in [6, 6.07) is 0. The van der Waals surface area contributed by atoms with Crippen molar-refractivity contribution in [1.29, 1.82) is 0 Å². The minimum absolute atomic E-state index is 0.201. The van der Waals surface area contributed by atoms with Crippen LogP contribution in [0.15, 0.2) is 0 Å². The molecule has 6 heteroatoms. The molecule has 2 N–H and O–H groups in total. The molecule has 0 aromatic carbocycles. The first kappa shape index (κ1) is 11.6. The van der Waals surface area contributed by atoms with Gasteiger partial charge < -0.3 is 5.11 Å². The van der Waals surface area contributed by atoms with Gasteiger partial charge in [0.25, 0.3) is 0 Å². The normalized spacial score (nSPS) is 14.8. The van der Waals surface area contributed by atoms with Crippen LogP contribution in [-0.4, -0.2) is 31.7 Å². The monoisotopic (exact) mass is 212 g/mol. The van der Waals surface area contributed by atoms with Gasteiger partial charge in [-0.1, -0.05) is 31.9 Å². The van der Waals surface area contributed by atoms with E-state index < -0.39 is 11.9 Å². The molecule has 84 valence electrons. The fourth-order valence-electron chi connectivity index (χ4n) is 1.55. The van der Waals surface area contributed by atoms with Crippen LogP contribution in [0.5, 0.6) is 0 Å². The van der Waals surface area contributed by atoms with Gasteiger partial charge in [0.1, 0.15) is 0 Å². The highest BCUT2D eigenvalue weighted by atomic mass is 16.4. The lowest BCUT2D eigenvalue weighted by atomic mass is 9.89. The quantitative estimate of drug-likeness (QED) is 0.739. The van der Waals surface area contributed by atoms with Crippen molar-refractivity contribution in [3.8, 4) is 0 Å². The molecule has 15 heavy (non-hydrogen) atoms. The molecule has 6 nitrogen and oxygen atoms in total. The third kappa shape index (κ3) is 3.00. The highest BCUT2D eigenvalue weighted by Gasteiger charge is 2.27. The van der Waals surface area contributed by atoms with Gasteiger partial charge in [-0.2, -0.15) is 5.21 Å². The number of carboxylic acid groups (broad SMARTS) is 1. The van der Waals surface area contributed by atoms with Crippen molar-refractivity contribution in [3.05, 3.63) is 5.82 Å². The number of carboxylic acids is 1. The number of carbonyl (C=O) groups is 1. The molecule has 0 radical (unpaired) electrons. The summed E-state index contributed by atoms with van der Waals surface area (Å²) in [4.78, 5) is 11.1. The predicted octanol–water partition coefficient (Wildman–Crippen LogP) is 1.19. The van der Waals surface area contributed by atoms with E-state index in [1.165, 1.54) is 0 Å². The van der Waals surface area contributed by atoms with Crippen LogP contribution in [0.1, 0.15) is 44.9 Å². The summed E-state index contributed by atoms with van der Waals surface area (Å²) in [5, 5.41) is 22.5. The number of aliphatic carboxylic acids is 1. The van der Waals surface area contributed by atoms with Crippen molar-refractivity contribution in [3.63, 3.8) is 0 Å². The summed E-state index contributed by atoms with van der Waals surface area (Å²) in [7, 11) is 0. The lowest BCUT2D eigenvalue weighted by molar-refractivity contribution is -0.142. The van der Waals surface area contributed by atoms with E-state index in [0.29, 0.717) is 12.2 Å². The first-order chi connectivity index (χ1) is 7.16. The largest absolute Gasteiger partial charge is 0.481 e. The number of nitrogens with one attached hydrogen (secondary N) is 1. The maximum Gasteiger partial charge on any atom is 0.307 e. The molecule has 0 aliphatic heterocycles. The topological polar surface area (TPSA) is 91.8 Å². The first-order valence-corrected chi connectivity index (χ1v) is 5.13. The fraction of sp³-hybridized carbons (Fsp3) is 0.778. The van der Waals surface area contributed by atoms with Gasteiger partial charge in [-0.05, 0) is 6.42 Å². The maximum absolute atomic E-state index is 11.1. The first-order valence-electron chi connectivity index (χ1n) is 5.13. The summed E-state index contributed by atoms with van der Waals surface area (Å²) in [6.45, 7) is 3.86. The molecule has 1 heterocycles. The number of nitrogens with zero attached hydrogens (tertiary/aromatic N) is 3. The number of rotatable bonds is 6. The molecular weight excluding hydrogens is 196 g/mol. The Kier molecular flexibility index (Phi) is 4.20. The maximum atomic E-state index is 11.1. The summed E-state index contributed by atoms with van der Waals surface area (Å²) >= 11 is 0. The lowest BCUT2D eigenvalue weighted by Gasteiger charge is -2.16. The average Bonchev–Trinajstić information content (AvgIpc) is 2.70. The van der Waals surface area contributed by atoms with Crippen molar-refractivity contribution in [1.82, 2.24) is 20.6 Å². The second-order valence-corrected chi connectivity index (χ2v) is 3.65. The molecule has 0 spiro atoms. The standard InChI is InChI=1S/C9H16N4O2/c1-3-4-5-7(9(14)15)6(2)8-10-12-13-11-8/h6-7H,3-5H2,1-2H3,(H,14,15)(H,10,11,12,13). The van der Waals surface area contributed by atoms with Gasteiger partial charge in [-0.3, -0.25) is 4.79 Å². The van der Waals surface area contributed by atoms with E-state index in [9.17, 15) is 4.79 Å². The predicted molar refractivity (Wildman–Crippen MR) is 53.2 cm³/mol. The van der Waals surface area contributed by atoms with E-state index in [0.717, 1.165) is 12.8 Å². The zero-order valence-corrected chi connectivity index (χ0v) is 8.97. The number of tetrazole rings is 1. The summed E-state index contributed by atoms with van der Waals surface area (Å²) in [5.41, 5.74) is 0. The van der Waals surface area contributed by atoms with Crippen LogP contribution in [0.3, 0.4) is 0 Å². The number of aromatic nitrogens is 4. The zero-order valence-electron chi connectivity index (χ0n) is 8.97. The molecule has 0 amide bonds. The Bertz CT molecular complexity index is 299. The minimum Gasteiger partial charge on any atom is -0.481 e. The second-order valence-electron chi connectivity index (χ2n) is 3.65. The second kappa shape index (κ2) is 5.43. The van der Waals surface area contributed by atoms with E-state index in [-0.39, 0.29) is 5.92 Å². The van der Waals surface area contributed by atoms with Crippen LogP contribution in [0, 0.1) is 5.92 Å². The van der Waals surface area contributed by atoms with Gasteiger partial charge in [-0.15, -0.1) is 10.2 Å². The van der Waals surface area contributed by atoms with Gasteiger partial charge >= 0.3 is 5.97 Å². The van der Waals surface area contributed by atoms with E-state index in [2.05, 4.69) is 20.6 Å². The zero-order chi connectivity index (χ0) is 11.3. The number of hydrogen-bond acceptors (Lipinski definition) is 4. The van der Waals surface area contributed by atoms with E-state index in [4.69, 9.17) is 5.11 Å². The van der Waals surface area contributed by atoms with Crippen LogP contribution < -0.4 is 0 Å². The van der Waals surface area contributed by atoms with Crippen molar-refractivity contribution in [2.24, 2.45) is 5.92 Å². The van der Waals surface area contributed by atoms with E-state index >= 15 is 0 Å². The Hall–Kier alpha value is -1.46. The smallest absolute Gasteiger partial charge is 0.307 e. The van der Waals surface area contributed by atoms with Gasteiger partial charge in [0.15, 0.2) is 5.82 Å². The van der Waals surface area contributed by atoms with Crippen molar-refractivity contribution >= 4 is 5.97 Å². The number of hydrogen-bond donors (Lipinski definition) is 2. The number of unbranched alkanes of at least 4 members (excludes halogenated alkanes) is 1. The van der Waals surface area contributed by atoms with Gasteiger partial charge in [0.05, 0.1) is 5.92 Å². The van der Waals surface area contributed by atoms with Crippen LogP contribution in [0.25, 0.3) is 0 Å². The lowest BCUT2D eigenvalue weighted by Crippen LogP contribution is -2.21. The molecule has 1 aromatic heterocycles. The molecule has 1 aromatic rings. The van der Waals surface area contributed by atoms with Crippen LogP contribution >= 0.6 is 0 Å². The van der Waals surface area contributed by atoms with Crippen LogP contribution in [-0.2, 0) is 4.79 Å². The molecule has 0 aliphatic rings. The van der Waals surface area contributed by atoms with Crippen molar-refractivity contribution in [2.45, 2.75) is 39.0 Å². The minimum atomic E-state index is -0.791. The Labute approximate surface area is 88.1 Å². The molecule has 0 aliphatic carbocycles. The number of aromatic amines is 1. The fourth-order valence-corrected chi connectivity index (χ4v) is 1.55. The molecule has 2 unspecified atom stereocenters. The molecule has 0 saturated heterocycles. The molecule has 1 rings (SSSR count). The Balaban J connectivity index is 2.67. The summed E-state index contributed by atoms with van der Waals surface area (Å²) in [5.74, 6) is -0.949. The summed E-state index contributed by atoms with van der Waals surface area (Å²) in [6.07, 6.45) is 2.55. The average molecular weight is 212 g/mol. The van der Waals surface area contributed by atoms with E-state index in [1.807, 2.05) is 13.8 Å². The van der Waals surface area contributed by atoms with Crippen LogP contribution in [0.2, 0.25) is 0 Å². The van der Waals surface area contributed by atoms with Crippen LogP contribution in [0.4, 0.5) is 0 Å². The Morgan fingerprint density at radius 2 is 2.33 bits per heavy atom. The van der Waals surface area contributed by atoms with Gasteiger partial charge in [0, 0.05) is 5.92 Å². The molecule has 0 saturated carbocycles. The highest BCUT2D eigenvalue weighted by molar-refractivity contribution is 5.71. The Morgan fingerprint density at radius 3 is 2.80 bits per heavy atom.